The standard InChI is InChI=1S/C18H16O4/c1-3-17(19)21-11-13-9-14-7-5-6-8-16(14)15(10-13)12-22-18(20)4-2/h3-10H,1-2,11-12H2. The van der Waals surface area contributed by atoms with Crippen LogP contribution in [0, 0.1) is 0 Å². The van der Waals surface area contributed by atoms with Crippen molar-refractivity contribution < 1.29 is 19.1 Å². The van der Waals surface area contributed by atoms with Crippen molar-refractivity contribution in [1.82, 2.24) is 0 Å². The van der Waals surface area contributed by atoms with Crippen molar-refractivity contribution in [3.8, 4) is 0 Å². The zero-order chi connectivity index (χ0) is 15.9. The number of hydrogen-bond donors (Lipinski definition) is 0. The van der Waals surface area contributed by atoms with Crippen molar-refractivity contribution in [1.29, 1.82) is 0 Å². The molecule has 0 saturated heterocycles. The quantitative estimate of drug-likeness (QED) is 0.606. The number of carbonyl (C=O) groups is 2. The first-order valence-electron chi connectivity index (χ1n) is 6.73. The summed E-state index contributed by atoms with van der Waals surface area (Å²) >= 11 is 0. The van der Waals surface area contributed by atoms with Gasteiger partial charge in [-0.2, -0.15) is 0 Å². The van der Waals surface area contributed by atoms with Crippen LogP contribution < -0.4 is 0 Å². The average Bonchev–Trinajstić information content (AvgIpc) is 2.56. The highest BCUT2D eigenvalue weighted by Crippen LogP contribution is 2.22. The van der Waals surface area contributed by atoms with Crippen LogP contribution in [0.15, 0.2) is 61.7 Å². The topological polar surface area (TPSA) is 52.6 Å². The van der Waals surface area contributed by atoms with Gasteiger partial charge in [-0.15, -0.1) is 0 Å². The van der Waals surface area contributed by atoms with E-state index in [0.717, 1.165) is 34.1 Å². The summed E-state index contributed by atoms with van der Waals surface area (Å²) in [6.07, 6.45) is 2.24. The van der Waals surface area contributed by atoms with Crippen LogP contribution in [0.2, 0.25) is 0 Å². The molecule has 0 saturated carbocycles. The lowest BCUT2D eigenvalue weighted by Crippen LogP contribution is -2.03. The van der Waals surface area contributed by atoms with E-state index in [4.69, 9.17) is 9.47 Å². The van der Waals surface area contributed by atoms with Gasteiger partial charge in [-0.3, -0.25) is 0 Å². The van der Waals surface area contributed by atoms with E-state index in [9.17, 15) is 9.59 Å². The SMILES string of the molecule is C=CC(=O)OCc1cc(COC(=O)C=C)c2ccccc2c1. The Morgan fingerprint density at radius 3 is 2.27 bits per heavy atom. The van der Waals surface area contributed by atoms with Crippen molar-refractivity contribution in [2.75, 3.05) is 0 Å². The molecular formula is C18H16O4. The minimum atomic E-state index is -0.479. The molecule has 0 aliphatic heterocycles. The Kier molecular flexibility index (Phi) is 5.09. The largest absolute Gasteiger partial charge is 0.458 e. The van der Waals surface area contributed by atoms with Gasteiger partial charge in [-0.1, -0.05) is 37.4 Å². The normalized spacial score (nSPS) is 10.0. The van der Waals surface area contributed by atoms with Gasteiger partial charge in [-0.05, 0) is 34.0 Å². The molecule has 4 nitrogen and oxygen atoms in total. The van der Waals surface area contributed by atoms with E-state index >= 15 is 0 Å². The summed E-state index contributed by atoms with van der Waals surface area (Å²) in [6.45, 7) is 7.00. The third-order valence-electron chi connectivity index (χ3n) is 3.09. The van der Waals surface area contributed by atoms with Gasteiger partial charge >= 0.3 is 11.9 Å². The van der Waals surface area contributed by atoms with E-state index in [0.29, 0.717) is 0 Å². The predicted octanol–water partition coefficient (Wildman–Crippen LogP) is 3.30. The van der Waals surface area contributed by atoms with Gasteiger partial charge in [0.15, 0.2) is 0 Å². The Morgan fingerprint density at radius 2 is 1.59 bits per heavy atom. The van der Waals surface area contributed by atoms with Crippen molar-refractivity contribution in [2.45, 2.75) is 13.2 Å². The highest BCUT2D eigenvalue weighted by atomic mass is 16.5. The molecule has 2 rings (SSSR count). The van der Waals surface area contributed by atoms with Crippen LogP contribution in [-0.4, -0.2) is 11.9 Å². The van der Waals surface area contributed by atoms with E-state index in [1.54, 1.807) is 0 Å². The van der Waals surface area contributed by atoms with Crippen LogP contribution in [0.25, 0.3) is 10.8 Å². The fourth-order valence-corrected chi connectivity index (χ4v) is 2.08. The fourth-order valence-electron chi connectivity index (χ4n) is 2.08. The molecule has 0 bridgehead atoms. The molecule has 0 unspecified atom stereocenters. The molecular weight excluding hydrogens is 280 g/mol. The molecule has 2 aromatic rings. The van der Waals surface area contributed by atoms with E-state index in [1.165, 1.54) is 0 Å². The second-order valence-corrected chi connectivity index (χ2v) is 4.60. The minimum Gasteiger partial charge on any atom is -0.458 e. The van der Waals surface area contributed by atoms with Crippen LogP contribution in [0.5, 0.6) is 0 Å². The van der Waals surface area contributed by atoms with Crippen molar-refractivity contribution in [2.24, 2.45) is 0 Å². The average molecular weight is 296 g/mol. The highest BCUT2D eigenvalue weighted by Gasteiger charge is 2.07. The zero-order valence-electron chi connectivity index (χ0n) is 12.1. The Bertz CT molecular complexity index is 731. The summed E-state index contributed by atoms with van der Waals surface area (Å²) < 4.78 is 10.2. The van der Waals surface area contributed by atoms with Crippen LogP contribution >= 0.6 is 0 Å². The molecule has 0 amide bonds. The molecule has 0 heterocycles. The molecule has 4 heteroatoms. The molecule has 22 heavy (non-hydrogen) atoms. The number of benzene rings is 2. The molecule has 112 valence electrons. The van der Waals surface area contributed by atoms with E-state index in [1.807, 2.05) is 36.4 Å². The van der Waals surface area contributed by atoms with Gasteiger partial charge in [0, 0.05) is 12.2 Å². The molecule has 0 fully saturated rings. The molecule has 0 radical (unpaired) electrons. The number of hydrogen-bond acceptors (Lipinski definition) is 4. The Balaban J connectivity index is 2.30. The maximum absolute atomic E-state index is 11.2. The van der Waals surface area contributed by atoms with Crippen molar-refractivity contribution in [3.05, 3.63) is 72.8 Å². The zero-order valence-corrected chi connectivity index (χ0v) is 12.1. The lowest BCUT2D eigenvalue weighted by molar-refractivity contribution is -0.139. The third kappa shape index (κ3) is 3.82. The first-order chi connectivity index (χ1) is 10.6. The first kappa shape index (κ1) is 15.5. The van der Waals surface area contributed by atoms with Gasteiger partial charge in [0.05, 0.1) is 0 Å². The van der Waals surface area contributed by atoms with Crippen molar-refractivity contribution in [3.63, 3.8) is 0 Å². The molecule has 0 N–H and O–H groups in total. The van der Waals surface area contributed by atoms with Gasteiger partial charge in [-0.25, -0.2) is 9.59 Å². The lowest BCUT2D eigenvalue weighted by atomic mass is 10.0. The van der Waals surface area contributed by atoms with Crippen molar-refractivity contribution >= 4 is 22.7 Å². The summed E-state index contributed by atoms with van der Waals surface area (Å²) in [7, 11) is 0. The molecule has 0 aromatic heterocycles. The van der Waals surface area contributed by atoms with E-state index < -0.39 is 11.9 Å². The second kappa shape index (κ2) is 7.22. The number of esters is 2. The van der Waals surface area contributed by atoms with Gasteiger partial charge < -0.3 is 9.47 Å². The molecule has 0 aliphatic rings. The maximum atomic E-state index is 11.2. The number of ether oxygens (including phenoxy) is 2. The molecule has 0 spiro atoms. The molecule has 0 atom stereocenters. The maximum Gasteiger partial charge on any atom is 0.330 e. The summed E-state index contributed by atoms with van der Waals surface area (Å²) in [6, 6.07) is 11.5. The summed E-state index contributed by atoms with van der Waals surface area (Å²) in [4.78, 5) is 22.4. The van der Waals surface area contributed by atoms with Crippen LogP contribution in [0.4, 0.5) is 0 Å². The Morgan fingerprint density at radius 1 is 0.955 bits per heavy atom. The van der Waals surface area contributed by atoms with Crippen LogP contribution in [0.3, 0.4) is 0 Å². The lowest BCUT2D eigenvalue weighted by Gasteiger charge is -2.10. The number of carbonyl (C=O) groups excluding carboxylic acids is 2. The summed E-state index contributed by atoms with van der Waals surface area (Å²) in [5, 5.41) is 1.97. The third-order valence-corrected chi connectivity index (χ3v) is 3.09. The Hall–Kier alpha value is -2.88. The fraction of sp³-hybridized carbons (Fsp3) is 0.111. The van der Waals surface area contributed by atoms with Gasteiger partial charge in [0.2, 0.25) is 0 Å². The molecule has 0 aliphatic carbocycles. The number of fused-ring (bicyclic) bond motifs is 1. The molecule has 2 aromatic carbocycles. The van der Waals surface area contributed by atoms with Crippen LogP contribution in [0.1, 0.15) is 11.1 Å². The highest BCUT2D eigenvalue weighted by molar-refractivity contribution is 5.87. The first-order valence-corrected chi connectivity index (χ1v) is 6.73. The van der Waals surface area contributed by atoms with Gasteiger partial charge in [0.1, 0.15) is 13.2 Å². The monoisotopic (exact) mass is 296 g/mol. The van der Waals surface area contributed by atoms with Crippen LogP contribution in [-0.2, 0) is 32.3 Å². The Labute approximate surface area is 128 Å². The second-order valence-electron chi connectivity index (χ2n) is 4.60. The minimum absolute atomic E-state index is 0.134. The number of rotatable bonds is 6. The van der Waals surface area contributed by atoms with E-state index in [2.05, 4.69) is 13.2 Å². The van der Waals surface area contributed by atoms with Gasteiger partial charge in [0.25, 0.3) is 0 Å². The predicted molar refractivity (Wildman–Crippen MR) is 83.9 cm³/mol. The van der Waals surface area contributed by atoms with E-state index in [-0.39, 0.29) is 13.2 Å². The summed E-state index contributed by atoms with van der Waals surface area (Å²) in [5.74, 6) is -0.958. The smallest absolute Gasteiger partial charge is 0.330 e. The summed E-state index contributed by atoms with van der Waals surface area (Å²) in [5.41, 5.74) is 1.66.